The SMILES string of the molecule is CC1CCCC(CN(C)CCc2ccccn2)(C(=O)O)C1. The zero-order valence-corrected chi connectivity index (χ0v) is 13.1. The van der Waals surface area contributed by atoms with Gasteiger partial charge in [0.1, 0.15) is 0 Å². The number of hydrogen-bond donors (Lipinski definition) is 1. The molecule has 1 fully saturated rings. The number of likely N-dealkylation sites (N-methyl/N-ethyl adjacent to an activating group) is 1. The largest absolute Gasteiger partial charge is 0.481 e. The first-order chi connectivity index (χ1) is 10.0. The molecule has 4 heteroatoms. The summed E-state index contributed by atoms with van der Waals surface area (Å²) in [6, 6.07) is 5.92. The molecule has 0 amide bonds. The molecule has 1 aliphatic rings. The van der Waals surface area contributed by atoms with Crippen LogP contribution >= 0.6 is 0 Å². The summed E-state index contributed by atoms with van der Waals surface area (Å²) in [4.78, 5) is 18.3. The Morgan fingerprint density at radius 2 is 2.33 bits per heavy atom. The van der Waals surface area contributed by atoms with Crippen molar-refractivity contribution in [3.05, 3.63) is 30.1 Å². The highest BCUT2D eigenvalue weighted by atomic mass is 16.4. The Labute approximate surface area is 127 Å². The van der Waals surface area contributed by atoms with Gasteiger partial charge < -0.3 is 10.0 Å². The average Bonchev–Trinajstić information content (AvgIpc) is 2.46. The lowest BCUT2D eigenvalue weighted by Gasteiger charge is -2.39. The molecule has 116 valence electrons. The molecule has 0 radical (unpaired) electrons. The lowest BCUT2D eigenvalue weighted by molar-refractivity contribution is -0.153. The molecule has 0 aliphatic heterocycles. The highest BCUT2D eigenvalue weighted by molar-refractivity contribution is 5.75. The summed E-state index contributed by atoms with van der Waals surface area (Å²) in [7, 11) is 2.02. The summed E-state index contributed by atoms with van der Waals surface area (Å²) in [5.41, 5.74) is 0.502. The van der Waals surface area contributed by atoms with Crippen molar-refractivity contribution in [3.63, 3.8) is 0 Å². The summed E-state index contributed by atoms with van der Waals surface area (Å²) in [5, 5.41) is 9.70. The zero-order valence-electron chi connectivity index (χ0n) is 13.1. The Kier molecular flexibility index (Phi) is 5.34. The standard InChI is InChI=1S/C17H26N2O2/c1-14-6-5-9-17(12-14,16(20)21)13-19(2)11-8-15-7-3-4-10-18-15/h3-4,7,10,14H,5-6,8-9,11-13H2,1-2H3,(H,20,21). The van der Waals surface area contributed by atoms with Crippen LogP contribution in [0.15, 0.2) is 24.4 Å². The molecule has 2 atom stereocenters. The van der Waals surface area contributed by atoms with Gasteiger partial charge in [0, 0.05) is 31.4 Å². The quantitative estimate of drug-likeness (QED) is 0.875. The first-order valence-corrected chi connectivity index (χ1v) is 7.84. The maximum atomic E-state index is 11.8. The van der Waals surface area contributed by atoms with E-state index in [4.69, 9.17) is 0 Å². The van der Waals surface area contributed by atoms with Crippen LogP contribution in [0.25, 0.3) is 0 Å². The first-order valence-electron chi connectivity index (χ1n) is 7.84. The van der Waals surface area contributed by atoms with Crippen molar-refractivity contribution in [2.75, 3.05) is 20.1 Å². The molecule has 0 saturated heterocycles. The van der Waals surface area contributed by atoms with E-state index in [1.165, 1.54) is 0 Å². The van der Waals surface area contributed by atoms with Gasteiger partial charge in [-0.25, -0.2) is 0 Å². The van der Waals surface area contributed by atoms with Crippen LogP contribution in [0.4, 0.5) is 0 Å². The molecule has 1 N–H and O–H groups in total. The average molecular weight is 290 g/mol. The molecule has 1 aromatic heterocycles. The van der Waals surface area contributed by atoms with Crippen LogP contribution in [0.5, 0.6) is 0 Å². The highest BCUT2D eigenvalue weighted by Crippen LogP contribution is 2.40. The van der Waals surface area contributed by atoms with E-state index < -0.39 is 11.4 Å². The van der Waals surface area contributed by atoms with Crippen LogP contribution in [0, 0.1) is 11.3 Å². The van der Waals surface area contributed by atoms with Crippen molar-refractivity contribution in [2.45, 2.75) is 39.0 Å². The monoisotopic (exact) mass is 290 g/mol. The molecule has 0 spiro atoms. The third kappa shape index (κ3) is 4.27. The van der Waals surface area contributed by atoms with Crippen molar-refractivity contribution in [3.8, 4) is 0 Å². The van der Waals surface area contributed by atoms with Crippen molar-refractivity contribution in [1.29, 1.82) is 0 Å². The van der Waals surface area contributed by atoms with Gasteiger partial charge in [0.2, 0.25) is 0 Å². The van der Waals surface area contributed by atoms with Crippen molar-refractivity contribution in [2.24, 2.45) is 11.3 Å². The van der Waals surface area contributed by atoms with Gasteiger partial charge in [0.15, 0.2) is 0 Å². The Hall–Kier alpha value is -1.42. The summed E-state index contributed by atoms with van der Waals surface area (Å²) >= 11 is 0. The zero-order chi connectivity index (χ0) is 15.3. The van der Waals surface area contributed by atoms with Crippen molar-refractivity contribution in [1.82, 2.24) is 9.88 Å². The van der Waals surface area contributed by atoms with Crippen LogP contribution in [-0.2, 0) is 11.2 Å². The van der Waals surface area contributed by atoms with Gasteiger partial charge in [0.25, 0.3) is 0 Å². The second-order valence-corrected chi connectivity index (χ2v) is 6.60. The molecular formula is C17H26N2O2. The van der Waals surface area contributed by atoms with Gasteiger partial charge >= 0.3 is 5.97 Å². The van der Waals surface area contributed by atoms with Crippen LogP contribution in [-0.4, -0.2) is 41.1 Å². The number of aromatic nitrogens is 1. The summed E-state index contributed by atoms with van der Waals surface area (Å²) in [5.74, 6) is -0.113. The maximum absolute atomic E-state index is 11.8. The molecule has 0 bridgehead atoms. The van der Waals surface area contributed by atoms with E-state index in [0.29, 0.717) is 12.5 Å². The molecule has 1 aliphatic carbocycles. The molecule has 2 rings (SSSR count). The molecule has 0 aromatic carbocycles. The Balaban J connectivity index is 1.92. The lowest BCUT2D eigenvalue weighted by atomic mass is 9.69. The van der Waals surface area contributed by atoms with Gasteiger partial charge in [0.05, 0.1) is 5.41 Å². The Bertz CT molecular complexity index is 463. The van der Waals surface area contributed by atoms with Crippen LogP contribution in [0.3, 0.4) is 0 Å². The third-order valence-corrected chi connectivity index (χ3v) is 4.59. The molecule has 21 heavy (non-hydrogen) atoms. The fourth-order valence-corrected chi connectivity index (χ4v) is 3.51. The number of carboxylic acid groups (broad SMARTS) is 1. The second kappa shape index (κ2) is 7.03. The van der Waals surface area contributed by atoms with Crippen LogP contribution in [0.1, 0.15) is 38.3 Å². The number of nitrogens with zero attached hydrogens (tertiary/aromatic N) is 2. The predicted octanol–water partition coefficient (Wildman–Crippen LogP) is 2.84. The van der Waals surface area contributed by atoms with Gasteiger partial charge in [-0.1, -0.05) is 25.8 Å². The Morgan fingerprint density at radius 3 is 2.95 bits per heavy atom. The number of hydrogen-bond acceptors (Lipinski definition) is 3. The minimum atomic E-state index is -0.626. The smallest absolute Gasteiger partial charge is 0.310 e. The molecule has 4 nitrogen and oxygen atoms in total. The van der Waals surface area contributed by atoms with E-state index in [2.05, 4.69) is 16.8 Å². The predicted molar refractivity (Wildman–Crippen MR) is 83.1 cm³/mol. The number of aliphatic carboxylic acids is 1. The van der Waals surface area contributed by atoms with Gasteiger partial charge in [-0.3, -0.25) is 9.78 Å². The third-order valence-electron chi connectivity index (χ3n) is 4.59. The van der Waals surface area contributed by atoms with Gasteiger partial charge in [-0.15, -0.1) is 0 Å². The van der Waals surface area contributed by atoms with E-state index in [9.17, 15) is 9.90 Å². The number of carbonyl (C=O) groups is 1. The molecular weight excluding hydrogens is 264 g/mol. The normalized spacial score (nSPS) is 26.0. The summed E-state index contributed by atoms with van der Waals surface area (Å²) in [6.45, 7) is 3.66. The highest BCUT2D eigenvalue weighted by Gasteiger charge is 2.42. The molecule has 1 heterocycles. The van der Waals surface area contributed by atoms with E-state index in [0.717, 1.165) is 44.3 Å². The molecule has 1 saturated carbocycles. The van der Waals surface area contributed by atoms with Crippen LogP contribution < -0.4 is 0 Å². The van der Waals surface area contributed by atoms with E-state index >= 15 is 0 Å². The maximum Gasteiger partial charge on any atom is 0.310 e. The lowest BCUT2D eigenvalue weighted by Crippen LogP contribution is -2.45. The number of rotatable bonds is 6. The van der Waals surface area contributed by atoms with E-state index in [1.807, 2.05) is 25.2 Å². The summed E-state index contributed by atoms with van der Waals surface area (Å²) < 4.78 is 0. The minimum absolute atomic E-state index is 0.513. The fraction of sp³-hybridized carbons (Fsp3) is 0.647. The van der Waals surface area contributed by atoms with Gasteiger partial charge in [-0.05, 0) is 37.9 Å². The van der Waals surface area contributed by atoms with E-state index in [1.54, 1.807) is 6.20 Å². The van der Waals surface area contributed by atoms with Crippen LogP contribution in [0.2, 0.25) is 0 Å². The first kappa shape index (κ1) is 16.0. The molecule has 1 aromatic rings. The Morgan fingerprint density at radius 1 is 1.52 bits per heavy atom. The van der Waals surface area contributed by atoms with E-state index in [-0.39, 0.29) is 0 Å². The topological polar surface area (TPSA) is 53.4 Å². The fourth-order valence-electron chi connectivity index (χ4n) is 3.51. The second-order valence-electron chi connectivity index (χ2n) is 6.60. The van der Waals surface area contributed by atoms with Crippen molar-refractivity contribution < 1.29 is 9.90 Å². The van der Waals surface area contributed by atoms with Crippen molar-refractivity contribution >= 4 is 5.97 Å². The number of carboxylic acids is 1. The number of pyridine rings is 1. The minimum Gasteiger partial charge on any atom is -0.481 e. The summed E-state index contributed by atoms with van der Waals surface area (Å²) in [6.07, 6.45) is 6.46. The molecule has 2 unspecified atom stereocenters. The van der Waals surface area contributed by atoms with Gasteiger partial charge in [-0.2, -0.15) is 0 Å².